The zero-order valence-electron chi connectivity index (χ0n) is 16.7. The number of benzene rings is 1. The molecule has 1 unspecified atom stereocenters. The van der Waals surface area contributed by atoms with Gasteiger partial charge in [-0.15, -0.1) is 0 Å². The standard InChI is InChI=1S/C23H20N4O3/c1-13-3-5-16-14(2)27-22(18(10-24)17(16)7-13)23(11-25,12-26)9-21(30)15-4-6-19(28)20(29)8-15/h4,6,8,13,28-29H,3,5,7,9H2,1-2H3. The number of Topliss-reactive ketones (excluding diaryl/α,β-unsaturated/α-hetero) is 1. The number of aromatic hydroxyl groups is 2. The van der Waals surface area contributed by atoms with E-state index in [-0.39, 0.29) is 22.6 Å². The van der Waals surface area contributed by atoms with Crippen molar-refractivity contribution in [2.24, 2.45) is 5.92 Å². The lowest BCUT2D eigenvalue weighted by Crippen LogP contribution is -2.30. The second-order valence-corrected chi connectivity index (χ2v) is 7.77. The van der Waals surface area contributed by atoms with Crippen LogP contribution in [0.15, 0.2) is 18.2 Å². The van der Waals surface area contributed by atoms with E-state index in [0.29, 0.717) is 18.0 Å². The number of aryl methyl sites for hydroxylation is 1. The van der Waals surface area contributed by atoms with Crippen molar-refractivity contribution in [3.8, 4) is 29.7 Å². The normalized spacial score (nSPS) is 15.4. The third kappa shape index (κ3) is 3.45. The third-order valence-corrected chi connectivity index (χ3v) is 5.68. The summed E-state index contributed by atoms with van der Waals surface area (Å²) in [6, 6.07) is 9.51. The van der Waals surface area contributed by atoms with Crippen LogP contribution >= 0.6 is 0 Å². The molecule has 1 atom stereocenters. The van der Waals surface area contributed by atoms with E-state index in [1.807, 2.05) is 12.1 Å². The quantitative estimate of drug-likeness (QED) is 0.592. The summed E-state index contributed by atoms with van der Waals surface area (Å²) < 4.78 is 0. The molecule has 2 N–H and O–H groups in total. The minimum Gasteiger partial charge on any atom is -0.504 e. The number of phenolic OH excluding ortho intramolecular Hbond substituents is 2. The van der Waals surface area contributed by atoms with Crippen LogP contribution in [0.2, 0.25) is 0 Å². The van der Waals surface area contributed by atoms with Gasteiger partial charge in [-0.05, 0) is 61.4 Å². The van der Waals surface area contributed by atoms with E-state index >= 15 is 0 Å². The number of ketones is 1. The van der Waals surface area contributed by atoms with Gasteiger partial charge in [0.05, 0.1) is 23.4 Å². The molecular formula is C23H20N4O3. The molecule has 0 fully saturated rings. The molecule has 0 saturated heterocycles. The number of aromatic nitrogens is 1. The third-order valence-electron chi connectivity index (χ3n) is 5.68. The molecule has 7 nitrogen and oxygen atoms in total. The van der Waals surface area contributed by atoms with Crippen LogP contribution in [0.4, 0.5) is 0 Å². The molecule has 0 aliphatic heterocycles. The Kier molecular flexibility index (Phi) is 5.45. The Morgan fingerprint density at radius 1 is 1.20 bits per heavy atom. The van der Waals surface area contributed by atoms with Gasteiger partial charge in [-0.25, -0.2) is 0 Å². The molecule has 7 heteroatoms. The SMILES string of the molecule is Cc1nc(C(C#N)(C#N)CC(=O)c2ccc(O)c(O)c2)c(C#N)c2c1CCC(C)C2. The van der Waals surface area contributed by atoms with Gasteiger partial charge in [0.1, 0.15) is 6.07 Å². The van der Waals surface area contributed by atoms with Crippen molar-refractivity contribution < 1.29 is 15.0 Å². The minimum absolute atomic E-state index is 0.0108. The summed E-state index contributed by atoms with van der Waals surface area (Å²) in [4.78, 5) is 17.3. The molecule has 1 aliphatic carbocycles. The van der Waals surface area contributed by atoms with Crippen molar-refractivity contribution >= 4 is 5.78 Å². The molecule has 0 amide bonds. The fraction of sp³-hybridized carbons (Fsp3) is 0.348. The van der Waals surface area contributed by atoms with Gasteiger partial charge >= 0.3 is 0 Å². The van der Waals surface area contributed by atoms with E-state index in [9.17, 15) is 30.8 Å². The molecular weight excluding hydrogens is 380 g/mol. The number of nitrogens with zero attached hydrogens (tertiary/aromatic N) is 4. The zero-order valence-corrected chi connectivity index (χ0v) is 16.7. The van der Waals surface area contributed by atoms with Crippen LogP contribution in [0.5, 0.6) is 11.5 Å². The Morgan fingerprint density at radius 2 is 1.90 bits per heavy atom. The van der Waals surface area contributed by atoms with Gasteiger partial charge in [-0.1, -0.05) is 6.92 Å². The van der Waals surface area contributed by atoms with Crippen molar-refractivity contribution in [3.63, 3.8) is 0 Å². The van der Waals surface area contributed by atoms with E-state index in [4.69, 9.17) is 0 Å². The van der Waals surface area contributed by atoms with E-state index < -0.39 is 23.4 Å². The van der Waals surface area contributed by atoms with Crippen LogP contribution in [0.1, 0.15) is 58.2 Å². The van der Waals surface area contributed by atoms with Crippen molar-refractivity contribution in [2.45, 2.75) is 44.9 Å². The monoisotopic (exact) mass is 400 g/mol. The molecule has 1 aromatic carbocycles. The lowest BCUT2D eigenvalue weighted by atomic mass is 9.75. The highest BCUT2D eigenvalue weighted by Gasteiger charge is 2.41. The van der Waals surface area contributed by atoms with Crippen LogP contribution in [0.3, 0.4) is 0 Å². The lowest BCUT2D eigenvalue weighted by molar-refractivity contribution is 0.0969. The predicted molar refractivity (Wildman–Crippen MR) is 107 cm³/mol. The summed E-state index contributed by atoms with van der Waals surface area (Å²) in [6.07, 6.45) is 1.88. The first-order valence-corrected chi connectivity index (χ1v) is 9.57. The Morgan fingerprint density at radius 3 is 2.50 bits per heavy atom. The largest absolute Gasteiger partial charge is 0.504 e. The smallest absolute Gasteiger partial charge is 0.193 e. The Hall–Kier alpha value is -3.89. The molecule has 0 radical (unpaired) electrons. The predicted octanol–water partition coefficient (Wildman–Crippen LogP) is 3.36. The summed E-state index contributed by atoms with van der Waals surface area (Å²) >= 11 is 0. The number of hydrogen-bond donors (Lipinski definition) is 2. The molecule has 30 heavy (non-hydrogen) atoms. The van der Waals surface area contributed by atoms with Crippen LogP contribution in [-0.2, 0) is 18.3 Å². The van der Waals surface area contributed by atoms with Crippen LogP contribution in [0, 0.1) is 46.8 Å². The number of pyridine rings is 1. The average molecular weight is 400 g/mol. The van der Waals surface area contributed by atoms with E-state index in [1.54, 1.807) is 6.92 Å². The topological polar surface area (TPSA) is 142 Å². The summed E-state index contributed by atoms with van der Waals surface area (Å²) in [5, 5.41) is 48.8. The lowest BCUT2D eigenvalue weighted by Gasteiger charge is -2.27. The Balaban J connectivity index is 2.14. The molecule has 0 bridgehead atoms. The molecule has 3 rings (SSSR count). The van der Waals surface area contributed by atoms with Crippen molar-refractivity contribution in [1.29, 1.82) is 15.8 Å². The number of fused-ring (bicyclic) bond motifs is 1. The number of nitriles is 3. The van der Waals surface area contributed by atoms with Gasteiger partial charge < -0.3 is 10.2 Å². The van der Waals surface area contributed by atoms with Crippen LogP contribution in [-0.4, -0.2) is 21.0 Å². The number of carbonyl (C=O) groups is 1. The number of hydrogen-bond acceptors (Lipinski definition) is 7. The minimum atomic E-state index is -1.95. The fourth-order valence-corrected chi connectivity index (χ4v) is 3.96. The average Bonchev–Trinajstić information content (AvgIpc) is 2.73. The molecule has 150 valence electrons. The van der Waals surface area contributed by atoms with E-state index in [1.165, 1.54) is 6.07 Å². The first-order valence-electron chi connectivity index (χ1n) is 9.57. The highest BCUT2D eigenvalue weighted by Crippen LogP contribution is 2.37. The summed E-state index contributed by atoms with van der Waals surface area (Å²) in [7, 11) is 0. The maximum atomic E-state index is 12.8. The van der Waals surface area contributed by atoms with Gasteiger partial charge in [-0.2, -0.15) is 15.8 Å². The van der Waals surface area contributed by atoms with Crippen LogP contribution < -0.4 is 0 Å². The second kappa shape index (κ2) is 7.85. The summed E-state index contributed by atoms with van der Waals surface area (Å²) in [6.45, 7) is 3.88. The van der Waals surface area contributed by atoms with E-state index in [2.05, 4.69) is 18.0 Å². The second-order valence-electron chi connectivity index (χ2n) is 7.77. The number of carbonyl (C=O) groups excluding carboxylic acids is 1. The van der Waals surface area contributed by atoms with Gasteiger partial charge in [0, 0.05) is 17.7 Å². The molecule has 1 aliphatic rings. The molecule has 0 spiro atoms. The molecule has 2 aromatic rings. The first-order chi connectivity index (χ1) is 14.3. The van der Waals surface area contributed by atoms with Gasteiger partial charge in [-0.3, -0.25) is 9.78 Å². The highest BCUT2D eigenvalue weighted by atomic mass is 16.3. The fourth-order valence-electron chi connectivity index (χ4n) is 3.96. The highest BCUT2D eigenvalue weighted by molar-refractivity contribution is 5.98. The number of phenols is 2. The van der Waals surface area contributed by atoms with E-state index in [0.717, 1.165) is 36.1 Å². The van der Waals surface area contributed by atoms with Crippen LogP contribution in [0.25, 0.3) is 0 Å². The maximum absolute atomic E-state index is 12.8. The van der Waals surface area contributed by atoms with Crippen molar-refractivity contribution in [1.82, 2.24) is 4.98 Å². The van der Waals surface area contributed by atoms with Gasteiger partial charge in [0.25, 0.3) is 0 Å². The molecule has 0 saturated carbocycles. The zero-order chi connectivity index (χ0) is 22.1. The van der Waals surface area contributed by atoms with Gasteiger partial charge in [0.2, 0.25) is 0 Å². The van der Waals surface area contributed by atoms with Crippen molar-refractivity contribution in [2.75, 3.05) is 0 Å². The Bertz CT molecular complexity index is 1150. The Labute approximate surface area is 174 Å². The number of rotatable bonds is 4. The van der Waals surface area contributed by atoms with Gasteiger partial charge in [0.15, 0.2) is 22.7 Å². The maximum Gasteiger partial charge on any atom is 0.193 e. The summed E-state index contributed by atoms with van der Waals surface area (Å²) in [5.74, 6) is -1.08. The molecule has 1 aromatic heterocycles. The van der Waals surface area contributed by atoms with Crippen molar-refractivity contribution in [3.05, 3.63) is 51.8 Å². The summed E-state index contributed by atoms with van der Waals surface area (Å²) in [5.41, 5.74) is 0.757. The molecule has 1 heterocycles. The first kappa shape index (κ1) is 20.8.